The summed E-state index contributed by atoms with van der Waals surface area (Å²) in [5.74, 6) is 0. The van der Waals surface area contributed by atoms with E-state index in [1.165, 1.54) is 0 Å². The molecule has 0 bridgehead atoms. The summed E-state index contributed by atoms with van der Waals surface area (Å²) in [6.07, 6.45) is 2.30. The molecule has 1 aliphatic rings. The summed E-state index contributed by atoms with van der Waals surface area (Å²) in [7, 11) is 1.67. The van der Waals surface area contributed by atoms with Crippen molar-refractivity contribution in [2.45, 2.75) is 25.4 Å². The number of hydrogen-bond acceptors (Lipinski definition) is 5. The Bertz CT molecular complexity index is 460. The number of aliphatic hydroxyl groups is 1. The zero-order chi connectivity index (χ0) is 13.8. The monoisotopic (exact) mass is 265 g/mol. The zero-order valence-corrected chi connectivity index (χ0v) is 11.0. The predicted molar refractivity (Wildman–Crippen MR) is 73.2 cm³/mol. The quantitative estimate of drug-likeness (QED) is 0.578. The molecule has 1 aromatic rings. The van der Waals surface area contributed by atoms with Crippen molar-refractivity contribution in [3.05, 3.63) is 33.9 Å². The van der Waals surface area contributed by atoms with Crippen LogP contribution in [-0.2, 0) is 6.54 Å². The second kappa shape index (κ2) is 5.99. The van der Waals surface area contributed by atoms with Crippen molar-refractivity contribution >= 4 is 11.4 Å². The number of nitrogens with zero attached hydrogens (tertiary/aromatic N) is 2. The maximum absolute atomic E-state index is 11.0. The molecule has 1 saturated carbocycles. The lowest BCUT2D eigenvalue weighted by atomic mass is 10.1. The molecule has 0 amide bonds. The Labute approximate surface area is 112 Å². The number of nitrogens with one attached hydrogen (secondary N) is 1. The smallest absolute Gasteiger partial charge is 0.292 e. The van der Waals surface area contributed by atoms with Gasteiger partial charge in [0.1, 0.15) is 5.69 Å². The van der Waals surface area contributed by atoms with E-state index in [-0.39, 0.29) is 17.2 Å². The van der Waals surface area contributed by atoms with E-state index in [2.05, 4.69) is 10.2 Å². The summed E-state index contributed by atoms with van der Waals surface area (Å²) in [5, 5.41) is 22.9. The highest BCUT2D eigenvalue weighted by Gasteiger charge is 2.28. The van der Waals surface area contributed by atoms with Crippen molar-refractivity contribution in [2.75, 3.05) is 25.5 Å². The number of hydrogen-bond donors (Lipinski definition) is 2. The highest BCUT2D eigenvalue weighted by Crippen LogP contribution is 2.30. The first-order valence-electron chi connectivity index (χ1n) is 6.45. The van der Waals surface area contributed by atoms with Crippen LogP contribution in [-0.4, -0.2) is 41.2 Å². The number of aliphatic hydroxyl groups excluding tert-OH is 1. The average molecular weight is 265 g/mol. The molecular formula is C13H19N3O3. The minimum Gasteiger partial charge on any atom is -0.395 e. The topological polar surface area (TPSA) is 78.6 Å². The maximum Gasteiger partial charge on any atom is 0.292 e. The van der Waals surface area contributed by atoms with E-state index < -0.39 is 0 Å². The molecule has 0 aliphatic heterocycles. The van der Waals surface area contributed by atoms with Gasteiger partial charge < -0.3 is 10.4 Å². The van der Waals surface area contributed by atoms with Gasteiger partial charge in [0.05, 0.1) is 11.5 Å². The zero-order valence-electron chi connectivity index (χ0n) is 11.0. The molecule has 1 fully saturated rings. The number of rotatable bonds is 7. The van der Waals surface area contributed by atoms with Crippen LogP contribution in [0, 0.1) is 10.1 Å². The van der Waals surface area contributed by atoms with Crippen molar-refractivity contribution < 1.29 is 10.0 Å². The average Bonchev–Trinajstić information content (AvgIpc) is 3.22. The molecule has 2 N–H and O–H groups in total. The molecule has 1 aromatic carbocycles. The van der Waals surface area contributed by atoms with Crippen LogP contribution in [0.3, 0.4) is 0 Å². The number of anilines is 1. The van der Waals surface area contributed by atoms with Gasteiger partial charge in [0.15, 0.2) is 0 Å². The summed E-state index contributed by atoms with van der Waals surface area (Å²) >= 11 is 0. The van der Waals surface area contributed by atoms with Gasteiger partial charge in [-0.3, -0.25) is 15.0 Å². The van der Waals surface area contributed by atoms with Crippen LogP contribution < -0.4 is 5.32 Å². The van der Waals surface area contributed by atoms with E-state index in [0.29, 0.717) is 24.8 Å². The third kappa shape index (κ3) is 3.42. The molecule has 6 nitrogen and oxygen atoms in total. The van der Waals surface area contributed by atoms with Crippen LogP contribution in [0.25, 0.3) is 0 Å². The molecule has 0 aromatic heterocycles. The molecule has 19 heavy (non-hydrogen) atoms. The minimum absolute atomic E-state index is 0.0970. The Kier molecular flexibility index (Phi) is 4.34. The van der Waals surface area contributed by atoms with Crippen molar-refractivity contribution in [3.63, 3.8) is 0 Å². The molecule has 0 saturated heterocycles. The summed E-state index contributed by atoms with van der Waals surface area (Å²) in [6.45, 7) is 1.38. The third-order valence-electron chi connectivity index (χ3n) is 3.36. The van der Waals surface area contributed by atoms with Gasteiger partial charge in [0.2, 0.25) is 0 Å². The van der Waals surface area contributed by atoms with Crippen molar-refractivity contribution in [3.8, 4) is 0 Å². The molecule has 0 spiro atoms. The molecule has 1 aliphatic carbocycles. The van der Waals surface area contributed by atoms with E-state index >= 15 is 0 Å². The van der Waals surface area contributed by atoms with Crippen molar-refractivity contribution in [2.24, 2.45) is 0 Å². The molecule has 6 heteroatoms. The highest BCUT2D eigenvalue weighted by molar-refractivity contribution is 5.62. The number of nitro benzene ring substituents is 1. The SMILES string of the molecule is CNc1ccc(CN(CCO)C2CC2)cc1[N+](=O)[O-]. The molecule has 0 unspecified atom stereocenters. The van der Waals surface area contributed by atoms with Gasteiger partial charge in [0, 0.05) is 32.2 Å². The fraction of sp³-hybridized carbons (Fsp3) is 0.538. The Morgan fingerprint density at radius 2 is 2.26 bits per heavy atom. The summed E-state index contributed by atoms with van der Waals surface area (Å²) < 4.78 is 0. The van der Waals surface area contributed by atoms with Gasteiger partial charge in [-0.1, -0.05) is 6.07 Å². The molecule has 0 heterocycles. The number of nitro groups is 1. The number of benzene rings is 1. The molecule has 104 valence electrons. The normalized spacial score (nSPS) is 14.7. The summed E-state index contributed by atoms with van der Waals surface area (Å²) in [4.78, 5) is 12.8. The lowest BCUT2D eigenvalue weighted by Gasteiger charge is -2.20. The van der Waals surface area contributed by atoms with Crippen LogP contribution in [0.1, 0.15) is 18.4 Å². The van der Waals surface area contributed by atoms with Gasteiger partial charge in [0.25, 0.3) is 5.69 Å². The van der Waals surface area contributed by atoms with Crippen molar-refractivity contribution in [1.82, 2.24) is 4.90 Å². The highest BCUT2D eigenvalue weighted by atomic mass is 16.6. The van der Waals surface area contributed by atoms with Crippen LogP contribution in [0.2, 0.25) is 0 Å². The second-order valence-corrected chi connectivity index (χ2v) is 4.78. The first-order valence-corrected chi connectivity index (χ1v) is 6.45. The predicted octanol–water partition coefficient (Wildman–Crippen LogP) is 1.59. The first-order chi connectivity index (χ1) is 9.15. The third-order valence-corrected chi connectivity index (χ3v) is 3.36. The lowest BCUT2D eigenvalue weighted by molar-refractivity contribution is -0.384. The van der Waals surface area contributed by atoms with Gasteiger partial charge in [-0.2, -0.15) is 0 Å². The van der Waals surface area contributed by atoms with Gasteiger partial charge in [-0.25, -0.2) is 0 Å². The van der Waals surface area contributed by atoms with Crippen LogP contribution in [0.4, 0.5) is 11.4 Å². The van der Waals surface area contributed by atoms with Crippen LogP contribution >= 0.6 is 0 Å². The van der Waals surface area contributed by atoms with Gasteiger partial charge in [-0.15, -0.1) is 0 Å². The minimum atomic E-state index is -0.372. The van der Waals surface area contributed by atoms with Crippen LogP contribution in [0.5, 0.6) is 0 Å². The first kappa shape index (κ1) is 13.8. The maximum atomic E-state index is 11.0. The standard InChI is InChI=1S/C13H19N3O3/c1-14-12-5-2-10(8-13(12)16(18)19)9-15(6-7-17)11-3-4-11/h2,5,8,11,14,17H,3-4,6-7,9H2,1H3. The largest absolute Gasteiger partial charge is 0.395 e. The summed E-state index contributed by atoms with van der Waals surface area (Å²) in [5.41, 5.74) is 1.53. The van der Waals surface area contributed by atoms with Crippen LogP contribution in [0.15, 0.2) is 18.2 Å². The Balaban J connectivity index is 2.15. The van der Waals surface area contributed by atoms with Gasteiger partial charge >= 0.3 is 0 Å². The van der Waals surface area contributed by atoms with Crippen molar-refractivity contribution in [1.29, 1.82) is 0 Å². The summed E-state index contributed by atoms with van der Waals surface area (Å²) in [6, 6.07) is 5.76. The van der Waals surface area contributed by atoms with Gasteiger partial charge in [-0.05, 0) is 24.5 Å². The van der Waals surface area contributed by atoms with E-state index in [9.17, 15) is 10.1 Å². The fourth-order valence-electron chi connectivity index (χ4n) is 2.23. The lowest BCUT2D eigenvalue weighted by Crippen LogP contribution is -2.28. The molecule has 0 radical (unpaired) electrons. The van der Waals surface area contributed by atoms with E-state index in [1.54, 1.807) is 19.2 Å². The fourth-order valence-corrected chi connectivity index (χ4v) is 2.23. The Morgan fingerprint density at radius 1 is 1.53 bits per heavy atom. The van der Waals surface area contributed by atoms with E-state index in [0.717, 1.165) is 18.4 Å². The second-order valence-electron chi connectivity index (χ2n) is 4.78. The van der Waals surface area contributed by atoms with E-state index in [4.69, 9.17) is 5.11 Å². The Morgan fingerprint density at radius 3 is 2.79 bits per heavy atom. The molecule has 0 atom stereocenters. The molecule has 2 rings (SSSR count). The molecular weight excluding hydrogens is 246 g/mol. The van der Waals surface area contributed by atoms with E-state index in [1.807, 2.05) is 6.07 Å². The Hall–Kier alpha value is -1.66.